The van der Waals surface area contributed by atoms with Crippen LogP contribution in [0.2, 0.25) is 0 Å². The van der Waals surface area contributed by atoms with E-state index in [9.17, 15) is 33.1 Å². The van der Waals surface area contributed by atoms with Crippen LogP contribution in [-0.4, -0.2) is 11.5 Å². The lowest BCUT2D eigenvalue weighted by atomic mass is 11.5. The first kappa shape index (κ1) is 10.8. The van der Waals surface area contributed by atoms with Crippen molar-refractivity contribution in [3.8, 4) is 0 Å². The predicted molar refractivity (Wildman–Crippen MR) is 24.1 cm³/mol. The summed E-state index contributed by atoms with van der Waals surface area (Å²) in [5.74, 6) is 0. The highest BCUT2D eigenvalue weighted by Gasteiger charge is 2.83. The van der Waals surface area contributed by atoms with Gasteiger partial charge in [-0.3, -0.25) is 0 Å². The average Bonchev–Trinajstić information content (AvgIpc) is 1.60. The number of hydrogen-bond acceptors (Lipinski definition) is 0. The Balaban J connectivity index is 5.29. The molecule has 0 fully saturated rings. The van der Waals surface area contributed by atoms with E-state index in [2.05, 4.69) is 0 Å². The molecule has 0 aliphatic carbocycles. The summed E-state index contributed by atoms with van der Waals surface area (Å²) in [6, 6.07) is -3.98. The first-order valence-corrected chi connectivity index (χ1v) is 4.16. The van der Waals surface area contributed by atoms with Gasteiger partial charge in [-0.25, -0.2) is 4.39 Å². The molecule has 0 rings (SSSR count). The Labute approximate surface area is 55.6 Å². The van der Waals surface area contributed by atoms with Gasteiger partial charge in [0.15, 0.2) is 0 Å². The Hall–Kier alpha value is -0.210. The molecule has 0 saturated carbocycles. The monoisotopic (exact) mass is 210 g/mol. The Kier molecular flexibility index (Phi) is 1.56. The lowest BCUT2D eigenvalue weighted by Crippen LogP contribution is -2.33. The van der Waals surface area contributed by atoms with E-state index in [1.165, 1.54) is 0 Å². The van der Waals surface area contributed by atoms with Crippen molar-refractivity contribution in [1.29, 1.82) is 0 Å². The van der Waals surface area contributed by atoms with Crippen LogP contribution >= 0.6 is 9.84 Å². The lowest BCUT2D eigenvalue weighted by molar-refractivity contribution is -0.0724. The molecule has 0 spiro atoms. The highest BCUT2D eigenvalue weighted by Crippen LogP contribution is 3.03. The minimum Gasteiger partial charge on any atom is -0.232 e. The fourth-order valence-corrected chi connectivity index (χ4v) is 0.186. The summed E-state index contributed by atoms with van der Waals surface area (Å²) in [7, 11) is -10.4. The normalized spacial score (nSPS) is 20.7. The maximum Gasteiger partial charge on any atom is 0.508 e. The second-order valence-electron chi connectivity index (χ2n) is 1.79. The molecule has 0 N–H and O–H groups in total. The molecule has 9 heteroatoms. The van der Waals surface area contributed by atoms with E-state index in [0.717, 1.165) is 0 Å². The number of hydrogen-bond donors (Lipinski definition) is 0. The summed E-state index contributed by atoms with van der Waals surface area (Å²) >= 11 is 0. The van der Waals surface area contributed by atoms with Crippen molar-refractivity contribution < 1.29 is 33.1 Å². The fraction of sp³-hybridized carbons (Fsp3) is 1.00. The molecule has 0 radical (unpaired) electrons. The standard InChI is InChI=1S/C2H2F8S/c3-1-11(7,8,9,10)2(4,5)6/h1H2. The van der Waals surface area contributed by atoms with Crippen LogP contribution in [0.25, 0.3) is 0 Å². The zero-order valence-corrected chi connectivity index (χ0v) is 5.46. The predicted octanol–water partition coefficient (Wildman–Crippen LogP) is 3.85. The zero-order chi connectivity index (χ0) is 9.62. The van der Waals surface area contributed by atoms with Crippen molar-refractivity contribution in [2.45, 2.75) is 5.51 Å². The van der Waals surface area contributed by atoms with E-state index in [-0.39, 0.29) is 0 Å². The van der Waals surface area contributed by atoms with Gasteiger partial charge in [-0.15, -0.1) is 15.5 Å². The molecule has 0 saturated heterocycles. The van der Waals surface area contributed by atoms with Crippen LogP contribution in [-0.2, 0) is 0 Å². The van der Waals surface area contributed by atoms with Crippen LogP contribution in [0, 0.1) is 0 Å². The van der Waals surface area contributed by atoms with Gasteiger partial charge in [-0.2, -0.15) is 13.2 Å². The number of halogens is 8. The van der Waals surface area contributed by atoms with Crippen LogP contribution in [0.5, 0.6) is 0 Å². The molecule has 0 aliphatic rings. The maximum absolute atomic E-state index is 11.3. The van der Waals surface area contributed by atoms with Gasteiger partial charge in [0.1, 0.15) is 0 Å². The van der Waals surface area contributed by atoms with E-state index < -0.39 is 21.4 Å². The third-order valence-electron chi connectivity index (χ3n) is 0.733. The molecule has 0 amide bonds. The van der Waals surface area contributed by atoms with Gasteiger partial charge >= 0.3 is 5.51 Å². The van der Waals surface area contributed by atoms with Gasteiger partial charge in [0.2, 0.25) is 6.01 Å². The first-order valence-electron chi connectivity index (χ1n) is 1.94. The van der Waals surface area contributed by atoms with Crippen LogP contribution in [0.15, 0.2) is 0 Å². The van der Waals surface area contributed by atoms with Crippen LogP contribution in [0.4, 0.5) is 33.1 Å². The van der Waals surface area contributed by atoms with Crippen molar-refractivity contribution >= 4 is 9.84 Å². The van der Waals surface area contributed by atoms with E-state index in [1.807, 2.05) is 0 Å². The molecule has 0 heterocycles. The van der Waals surface area contributed by atoms with Crippen LogP contribution in [0.1, 0.15) is 0 Å². The Bertz CT molecular complexity index is 167. The third-order valence-corrected chi connectivity index (χ3v) is 2.20. The summed E-state index contributed by atoms with van der Waals surface area (Å²) in [6.07, 6.45) is 0. The maximum atomic E-state index is 11.3. The minimum absolute atomic E-state index is 3.98. The van der Waals surface area contributed by atoms with Gasteiger partial charge in [-0.05, 0) is 0 Å². The average molecular weight is 210 g/mol. The van der Waals surface area contributed by atoms with E-state index in [1.54, 1.807) is 0 Å². The molecule has 0 aliphatic heterocycles. The summed E-state index contributed by atoms with van der Waals surface area (Å²) < 4.78 is 88.9. The number of alkyl halides is 4. The van der Waals surface area contributed by atoms with Crippen molar-refractivity contribution in [2.24, 2.45) is 0 Å². The van der Waals surface area contributed by atoms with Gasteiger partial charge in [-0.1, -0.05) is 0 Å². The molecule has 0 unspecified atom stereocenters. The lowest BCUT2D eigenvalue weighted by Gasteiger charge is -2.47. The van der Waals surface area contributed by atoms with E-state index >= 15 is 0 Å². The Morgan fingerprint density at radius 3 is 1.18 bits per heavy atom. The second-order valence-corrected chi connectivity index (χ2v) is 4.95. The summed E-state index contributed by atoms with van der Waals surface area (Å²) in [5, 5.41) is 0. The summed E-state index contributed by atoms with van der Waals surface area (Å²) in [4.78, 5) is 0. The van der Waals surface area contributed by atoms with Crippen molar-refractivity contribution in [3.63, 3.8) is 0 Å². The highest BCUT2D eigenvalue weighted by atomic mass is 32.5. The van der Waals surface area contributed by atoms with Gasteiger partial charge in [0.05, 0.1) is 0 Å². The molecular formula is C2H2F8S. The highest BCUT2D eigenvalue weighted by molar-refractivity contribution is 8.50. The van der Waals surface area contributed by atoms with Crippen molar-refractivity contribution in [1.82, 2.24) is 0 Å². The molecule has 0 aromatic rings. The van der Waals surface area contributed by atoms with E-state index in [0.29, 0.717) is 0 Å². The molecule has 72 valence electrons. The molecule has 0 aromatic carbocycles. The zero-order valence-electron chi connectivity index (χ0n) is 4.64. The fourth-order valence-electron chi connectivity index (χ4n) is 0.0619. The second kappa shape index (κ2) is 1.59. The third kappa shape index (κ3) is 1.52. The summed E-state index contributed by atoms with van der Waals surface area (Å²) in [6.45, 7) is 0. The molecule has 0 atom stereocenters. The van der Waals surface area contributed by atoms with Gasteiger partial charge < -0.3 is 0 Å². The Morgan fingerprint density at radius 2 is 1.18 bits per heavy atom. The van der Waals surface area contributed by atoms with Crippen LogP contribution < -0.4 is 0 Å². The van der Waals surface area contributed by atoms with Crippen molar-refractivity contribution in [2.75, 3.05) is 6.01 Å². The smallest absolute Gasteiger partial charge is 0.232 e. The molecule has 0 nitrogen and oxygen atoms in total. The van der Waals surface area contributed by atoms with E-state index in [4.69, 9.17) is 0 Å². The Morgan fingerprint density at radius 1 is 0.909 bits per heavy atom. The first-order chi connectivity index (χ1) is 4.33. The van der Waals surface area contributed by atoms with Crippen molar-refractivity contribution in [3.05, 3.63) is 0 Å². The van der Waals surface area contributed by atoms with Crippen LogP contribution in [0.3, 0.4) is 0 Å². The quantitative estimate of drug-likeness (QED) is 0.576. The molecule has 0 bridgehead atoms. The topological polar surface area (TPSA) is 0 Å². The SMILES string of the molecule is FCS(F)(F)(F)(F)C(F)(F)F. The largest absolute Gasteiger partial charge is 0.508 e. The molecule has 0 aromatic heterocycles. The van der Waals surface area contributed by atoms with Gasteiger partial charge in [0.25, 0.3) is 9.84 Å². The van der Waals surface area contributed by atoms with Gasteiger partial charge in [0, 0.05) is 0 Å². The summed E-state index contributed by atoms with van der Waals surface area (Å²) in [5.41, 5.74) is -7.10. The molecular weight excluding hydrogens is 208 g/mol. The number of rotatable bonds is 1. The minimum atomic E-state index is -10.4. The molecule has 11 heavy (non-hydrogen) atoms.